The smallest absolute Gasteiger partial charge is 0.0263 e. The van der Waals surface area contributed by atoms with Crippen molar-refractivity contribution in [2.45, 2.75) is 58.3 Å². The van der Waals surface area contributed by atoms with Gasteiger partial charge in [0.05, 0.1) is 0 Å². The highest BCUT2D eigenvalue weighted by Crippen LogP contribution is 2.69. The molecule has 0 radical (unpaired) electrons. The zero-order chi connectivity index (χ0) is 17.1. The van der Waals surface area contributed by atoms with Gasteiger partial charge in [0.25, 0.3) is 0 Å². The first-order valence-corrected chi connectivity index (χ1v) is 10.4. The van der Waals surface area contributed by atoms with E-state index in [9.17, 15) is 0 Å². The van der Waals surface area contributed by atoms with Crippen molar-refractivity contribution >= 4 is 0 Å². The first-order chi connectivity index (χ1) is 12.3. The molecule has 2 aliphatic carbocycles. The van der Waals surface area contributed by atoms with Crippen molar-refractivity contribution in [1.29, 1.82) is 0 Å². The predicted molar refractivity (Wildman–Crippen MR) is 107 cm³/mol. The molecule has 0 aliphatic heterocycles. The maximum absolute atomic E-state index is 2.51. The van der Waals surface area contributed by atoms with Gasteiger partial charge in [-0.1, -0.05) is 67.6 Å². The van der Waals surface area contributed by atoms with Crippen molar-refractivity contribution in [2.75, 3.05) is 0 Å². The quantitative estimate of drug-likeness (QED) is 0.505. The number of hydrogen-bond acceptors (Lipinski definition) is 0. The van der Waals surface area contributed by atoms with Gasteiger partial charge in [-0.2, -0.15) is 0 Å². The van der Waals surface area contributed by atoms with Crippen LogP contribution < -0.4 is 0 Å². The summed E-state index contributed by atoms with van der Waals surface area (Å²) in [5.74, 6) is 3.11. The maximum Gasteiger partial charge on any atom is -0.0263 e. The number of hydrogen-bond donors (Lipinski definition) is 0. The molecule has 0 amide bonds. The highest BCUT2D eigenvalue weighted by molar-refractivity contribution is 5.17. The molecule has 2 aromatic carbocycles. The number of aryl methyl sites for hydroxylation is 2. The van der Waals surface area contributed by atoms with Crippen molar-refractivity contribution in [3.05, 3.63) is 71.8 Å². The van der Waals surface area contributed by atoms with Crippen LogP contribution in [-0.2, 0) is 12.8 Å². The Balaban J connectivity index is 1.34. The molecule has 1 unspecified atom stereocenters. The van der Waals surface area contributed by atoms with Crippen LogP contribution in [0.25, 0.3) is 0 Å². The van der Waals surface area contributed by atoms with E-state index < -0.39 is 0 Å². The molecule has 2 fully saturated rings. The number of benzene rings is 2. The van der Waals surface area contributed by atoms with Crippen LogP contribution in [0.4, 0.5) is 0 Å². The summed E-state index contributed by atoms with van der Waals surface area (Å²) in [4.78, 5) is 0. The molecule has 0 aromatic heterocycles. The summed E-state index contributed by atoms with van der Waals surface area (Å²) in [5, 5.41) is 0. The fraction of sp³-hybridized carbons (Fsp3) is 0.520. The molecule has 0 spiro atoms. The van der Waals surface area contributed by atoms with Gasteiger partial charge in [-0.05, 0) is 85.7 Å². The minimum atomic E-state index is 0.660. The zero-order valence-electron chi connectivity index (χ0n) is 15.7. The molecular weight excluding hydrogens is 300 g/mol. The Bertz CT molecular complexity index is 611. The van der Waals surface area contributed by atoms with E-state index in [0.29, 0.717) is 5.41 Å². The lowest BCUT2D eigenvalue weighted by molar-refractivity contribution is 0.184. The Morgan fingerprint density at radius 3 is 1.76 bits per heavy atom. The van der Waals surface area contributed by atoms with E-state index in [2.05, 4.69) is 67.6 Å². The molecule has 0 heteroatoms. The van der Waals surface area contributed by atoms with Crippen LogP contribution in [0.1, 0.15) is 56.6 Å². The van der Waals surface area contributed by atoms with Crippen LogP contribution in [0.15, 0.2) is 60.7 Å². The molecule has 3 atom stereocenters. The van der Waals surface area contributed by atoms with Crippen LogP contribution in [0.3, 0.4) is 0 Å². The van der Waals surface area contributed by atoms with E-state index >= 15 is 0 Å². The second kappa shape index (κ2) is 7.36. The molecule has 25 heavy (non-hydrogen) atoms. The van der Waals surface area contributed by atoms with Gasteiger partial charge in [0.2, 0.25) is 0 Å². The number of fused-ring (bicyclic) bond motifs is 1. The first-order valence-electron chi connectivity index (χ1n) is 10.4. The zero-order valence-corrected chi connectivity index (χ0v) is 15.7. The highest BCUT2D eigenvalue weighted by atomic mass is 14.7. The lowest BCUT2D eigenvalue weighted by atomic mass is 9.72. The van der Waals surface area contributed by atoms with Crippen molar-refractivity contribution in [1.82, 2.24) is 0 Å². The molecule has 0 N–H and O–H groups in total. The summed E-state index contributed by atoms with van der Waals surface area (Å²) in [6, 6.07) is 22.1. The second-order valence-electron chi connectivity index (χ2n) is 8.63. The van der Waals surface area contributed by atoms with Crippen molar-refractivity contribution in [3.8, 4) is 0 Å². The normalized spacial score (nSPS) is 26.4. The van der Waals surface area contributed by atoms with E-state index in [4.69, 9.17) is 0 Å². The summed E-state index contributed by atoms with van der Waals surface area (Å²) >= 11 is 0. The monoisotopic (exact) mass is 332 g/mol. The highest BCUT2D eigenvalue weighted by Gasteiger charge is 2.61. The van der Waals surface area contributed by atoms with Crippen molar-refractivity contribution in [3.63, 3.8) is 0 Å². The third kappa shape index (κ3) is 3.68. The molecule has 2 aliphatic rings. The number of rotatable bonds is 8. The second-order valence-corrected chi connectivity index (χ2v) is 8.63. The molecule has 0 saturated heterocycles. The molecule has 2 aromatic rings. The first kappa shape index (κ1) is 16.9. The summed E-state index contributed by atoms with van der Waals surface area (Å²) < 4.78 is 0. The molecule has 0 bridgehead atoms. The molecule has 0 nitrogen and oxygen atoms in total. The SMILES string of the molecule is CC1[C@H]2CCC(CCCc3ccccc3)(CCCc3ccccc3)[C@@H]12. The molecule has 2 saturated carbocycles. The van der Waals surface area contributed by atoms with E-state index in [1.165, 1.54) is 62.5 Å². The van der Waals surface area contributed by atoms with E-state index in [-0.39, 0.29) is 0 Å². The predicted octanol–water partition coefficient (Wildman–Crippen LogP) is 6.69. The Morgan fingerprint density at radius 1 is 0.800 bits per heavy atom. The fourth-order valence-electron chi connectivity index (χ4n) is 5.91. The van der Waals surface area contributed by atoms with Crippen molar-refractivity contribution < 1.29 is 0 Å². The summed E-state index contributed by atoms with van der Waals surface area (Å²) in [5.41, 5.74) is 3.69. The van der Waals surface area contributed by atoms with E-state index in [0.717, 1.165) is 17.8 Å². The molecule has 132 valence electrons. The van der Waals surface area contributed by atoms with Crippen LogP contribution in [-0.4, -0.2) is 0 Å². The van der Waals surface area contributed by atoms with E-state index in [1.54, 1.807) is 0 Å². The maximum atomic E-state index is 2.51. The average molecular weight is 333 g/mol. The standard InChI is InChI=1S/C25H32/c1-20-23-16-19-25(24(20)23,17-8-14-21-10-4-2-5-11-21)18-9-15-22-12-6-3-7-13-22/h2-7,10-13,20,23-24H,8-9,14-19H2,1H3/t20?,23-,24+/m1/s1. The fourth-order valence-corrected chi connectivity index (χ4v) is 5.91. The largest absolute Gasteiger partial charge is 0.0622 e. The van der Waals surface area contributed by atoms with Gasteiger partial charge >= 0.3 is 0 Å². The van der Waals surface area contributed by atoms with Crippen LogP contribution in [0, 0.1) is 23.2 Å². The Labute approximate surface area is 153 Å². The molecule has 4 rings (SSSR count). The van der Waals surface area contributed by atoms with Gasteiger partial charge in [-0.3, -0.25) is 0 Å². The topological polar surface area (TPSA) is 0 Å². The van der Waals surface area contributed by atoms with Gasteiger partial charge in [0.15, 0.2) is 0 Å². The lowest BCUT2D eigenvalue weighted by Gasteiger charge is -2.33. The van der Waals surface area contributed by atoms with Gasteiger partial charge < -0.3 is 0 Å². The van der Waals surface area contributed by atoms with Crippen LogP contribution >= 0.6 is 0 Å². The van der Waals surface area contributed by atoms with Gasteiger partial charge in [0, 0.05) is 0 Å². The molecule has 0 heterocycles. The van der Waals surface area contributed by atoms with Gasteiger partial charge in [-0.25, -0.2) is 0 Å². The average Bonchev–Trinajstić information content (AvgIpc) is 3.15. The Morgan fingerprint density at radius 2 is 1.32 bits per heavy atom. The third-order valence-corrected chi connectivity index (χ3v) is 7.21. The minimum absolute atomic E-state index is 0.660. The van der Waals surface area contributed by atoms with Gasteiger partial charge in [0.1, 0.15) is 0 Å². The van der Waals surface area contributed by atoms with Gasteiger partial charge in [-0.15, -0.1) is 0 Å². The molecular formula is C25H32. The van der Waals surface area contributed by atoms with E-state index in [1.807, 2.05) is 0 Å². The lowest BCUT2D eigenvalue weighted by Crippen LogP contribution is -2.23. The Hall–Kier alpha value is -1.56. The van der Waals surface area contributed by atoms with Crippen molar-refractivity contribution in [2.24, 2.45) is 23.2 Å². The van der Waals surface area contributed by atoms with Crippen LogP contribution in [0.5, 0.6) is 0 Å². The summed E-state index contributed by atoms with van der Waals surface area (Å²) in [6.07, 6.45) is 11.1. The summed E-state index contributed by atoms with van der Waals surface area (Å²) in [7, 11) is 0. The third-order valence-electron chi connectivity index (χ3n) is 7.21. The van der Waals surface area contributed by atoms with Crippen LogP contribution in [0.2, 0.25) is 0 Å². The minimum Gasteiger partial charge on any atom is -0.0622 e. The Kier molecular flexibility index (Phi) is 4.97. The summed E-state index contributed by atoms with van der Waals surface area (Å²) in [6.45, 7) is 2.51.